The maximum atomic E-state index is 12.3. The average molecular weight is 274 g/mol. The minimum absolute atomic E-state index is 0.0683. The van der Waals surface area contributed by atoms with Gasteiger partial charge in [0.25, 0.3) is 5.91 Å². The Morgan fingerprint density at radius 3 is 2.85 bits per heavy atom. The van der Waals surface area contributed by atoms with Crippen molar-refractivity contribution in [3.05, 3.63) is 35.4 Å². The van der Waals surface area contributed by atoms with Crippen LogP contribution in [0, 0.1) is 12.8 Å². The standard InChI is InChI=1S/C17H26N2O/c1-13(2)8-10-19-11-9-15(12-19)18-17(20)16-7-5-4-6-14(16)3/h4-7,13,15H,8-12H2,1-3H3,(H,18,20). The Kier molecular flexibility index (Phi) is 5.18. The summed E-state index contributed by atoms with van der Waals surface area (Å²) in [5.41, 5.74) is 1.84. The maximum Gasteiger partial charge on any atom is 0.251 e. The molecule has 0 bridgehead atoms. The molecule has 20 heavy (non-hydrogen) atoms. The van der Waals surface area contributed by atoms with E-state index in [-0.39, 0.29) is 5.91 Å². The van der Waals surface area contributed by atoms with Crippen LogP contribution in [0.2, 0.25) is 0 Å². The van der Waals surface area contributed by atoms with Crippen molar-refractivity contribution in [1.29, 1.82) is 0 Å². The number of nitrogens with one attached hydrogen (secondary N) is 1. The number of likely N-dealkylation sites (tertiary alicyclic amines) is 1. The predicted molar refractivity (Wildman–Crippen MR) is 82.9 cm³/mol. The van der Waals surface area contributed by atoms with Crippen molar-refractivity contribution in [2.75, 3.05) is 19.6 Å². The van der Waals surface area contributed by atoms with E-state index in [0.29, 0.717) is 6.04 Å². The molecule has 1 aliphatic rings. The summed E-state index contributed by atoms with van der Waals surface area (Å²) in [5.74, 6) is 0.814. The molecule has 110 valence electrons. The van der Waals surface area contributed by atoms with Crippen LogP contribution in [0.3, 0.4) is 0 Å². The van der Waals surface area contributed by atoms with E-state index in [0.717, 1.165) is 43.1 Å². The van der Waals surface area contributed by atoms with Crippen molar-refractivity contribution in [2.45, 2.75) is 39.7 Å². The van der Waals surface area contributed by atoms with Crippen LogP contribution < -0.4 is 5.32 Å². The molecule has 1 aliphatic heterocycles. The zero-order chi connectivity index (χ0) is 14.5. The number of carbonyl (C=O) groups is 1. The largest absolute Gasteiger partial charge is 0.348 e. The van der Waals surface area contributed by atoms with Gasteiger partial charge in [0.05, 0.1) is 0 Å². The summed E-state index contributed by atoms with van der Waals surface area (Å²) in [6.07, 6.45) is 2.30. The highest BCUT2D eigenvalue weighted by Gasteiger charge is 2.24. The van der Waals surface area contributed by atoms with Gasteiger partial charge >= 0.3 is 0 Å². The van der Waals surface area contributed by atoms with Crippen molar-refractivity contribution < 1.29 is 4.79 Å². The van der Waals surface area contributed by atoms with E-state index in [1.54, 1.807) is 0 Å². The van der Waals surface area contributed by atoms with Crippen molar-refractivity contribution in [1.82, 2.24) is 10.2 Å². The Balaban J connectivity index is 1.83. The van der Waals surface area contributed by atoms with Gasteiger partial charge in [0.1, 0.15) is 0 Å². The van der Waals surface area contributed by atoms with Gasteiger partial charge < -0.3 is 10.2 Å². The smallest absolute Gasteiger partial charge is 0.251 e. The van der Waals surface area contributed by atoms with Gasteiger partial charge in [-0.2, -0.15) is 0 Å². The number of aryl methyl sites for hydroxylation is 1. The molecular formula is C17H26N2O. The number of rotatable bonds is 5. The molecule has 1 amide bonds. The lowest BCUT2D eigenvalue weighted by Crippen LogP contribution is -2.37. The molecule has 0 radical (unpaired) electrons. The molecular weight excluding hydrogens is 248 g/mol. The second-order valence-electron chi connectivity index (χ2n) is 6.26. The average Bonchev–Trinajstić information content (AvgIpc) is 2.84. The van der Waals surface area contributed by atoms with Gasteiger partial charge in [-0.15, -0.1) is 0 Å². The number of carbonyl (C=O) groups excluding carboxylic acids is 1. The molecule has 1 heterocycles. The zero-order valence-corrected chi connectivity index (χ0v) is 12.9. The molecule has 0 aromatic heterocycles. The normalized spacial score (nSPS) is 19.5. The van der Waals surface area contributed by atoms with Gasteiger partial charge in [-0.25, -0.2) is 0 Å². The predicted octanol–water partition coefficient (Wildman–Crippen LogP) is 2.85. The molecule has 0 spiro atoms. The third-order valence-electron chi connectivity index (χ3n) is 4.02. The molecule has 1 saturated heterocycles. The van der Waals surface area contributed by atoms with Gasteiger partial charge in [0.15, 0.2) is 0 Å². The summed E-state index contributed by atoms with van der Waals surface area (Å²) in [6, 6.07) is 8.07. The molecule has 2 rings (SSSR count). The molecule has 1 aromatic carbocycles. The number of benzene rings is 1. The van der Waals surface area contributed by atoms with Crippen LogP contribution in [0.5, 0.6) is 0 Å². The molecule has 1 aromatic rings. The van der Waals surface area contributed by atoms with Crippen molar-refractivity contribution in [3.63, 3.8) is 0 Å². The minimum atomic E-state index is 0.0683. The van der Waals surface area contributed by atoms with Gasteiger partial charge in [-0.3, -0.25) is 4.79 Å². The number of amides is 1. The van der Waals surface area contributed by atoms with E-state index < -0.39 is 0 Å². The van der Waals surface area contributed by atoms with Crippen molar-refractivity contribution in [3.8, 4) is 0 Å². The van der Waals surface area contributed by atoms with Gasteiger partial charge in [0, 0.05) is 24.7 Å². The van der Waals surface area contributed by atoms with Crippen LogP contribution in [0.15, 0.2) is 24.3 Å². The monoisotopic (exact) mass is 274 g/mol. The highest BCUT2D eigenvalue weighted by Crippen LogP contribution is 2.13. The molecule has 3 nitrogen and oxygen atoms in total. The third kappa shape index (κ3) is 4.07. The fraction of sp³-hybridized carbons (Fsp3) is 0.588. The quantitative estimate of drug-likeness (QED) is 0.895. The summed E-state index contributed by atoms with van der Waals surface area (Å²) in [5, 5.41) is 3.17. The van der Waals surface area contributed by atoms with Crippen LogP contribution in [-0.4, -0.2) is 36.5 Å². The van der Waals surface area contributed by atoms with Crippen molar-refractivity contribution >= 4 is 5.91 Å². The topological polar surface area (TPSA) is 32.3 Å². The summed E-state index contributed by atoms with van der Waals surface area (Å²) in [7, 11) is 0. The van der Waals surface area contributed by atoms with Crippen LogP contribution >= 0.6 is 0 Å². The summed E-state index contributed by atoms with van der Waals surface area (Å²) >= 11 is 0. The van der Waals surface area contributed by atoms with E-state index in [9.17, 15) is 4.79 Å². The summed E-state index contributed by atoms with van der Waals surface area (Å²) < 4.78 is 0. The minimum Gasteiger partial charge on any atom is -0.348 e. The van der Waals surface area contributed by atoms with Crippen LogP contribution in [-0.2, 0) is 0 Å². The molecule has 0 saturated carbocycles. The fourth-order valence-corrected chi connectivity index (χ4v) is 2.69. The number of nitrogens with zero attached hydrogens (tertiary/aromatic N) is 1. The molecule has 0 aliphatic carbocycles. The highest BCUT2D eigenvalue weighted by molar-refractivity contribution is 5.95. The van der Waals surface area contributed by atoms with E-state index in [2.05, 4.69) is 24.1 Å². The van der Waals surface area contributed by atoms with E-state index in [1.165, 1.54) is 6.42 Å². The summed E-state index contributed by atoms with van der Waals surface area (Å²) in [6.45, 7) is 9.74. The molecule has 1 unspecified atom stereocenters. The maximum absolute atomic E-state index is 12.3. The lowest BCUT2D eigenvalue weighted by atomic mass is 10.1. The Hall–Kier alpha value is -1.35. The first-order valence-electron chi connectivity index (χ1n) is 7.65. The van der Waals surface area contributed by atoms with E-state index in [1.807, 2.05) is 31.2 Å². The molecule has 1 N–H and O–H groups in total. The Morgan fingerprint density at radius 2 is 2.15 bits per heavy atom. The van der Waals surface area contributed by atoms with Crippen LogP contribution in [0.25, 0.3) is 0 Å². The van der Waals surface area contributed by atoms with Gasteiger partial charge in [-0.05, 0) is 43.9 Å². The first-order valence-corrected chi connectivity index (χ1v) is 7.65. The SMILES string of the molecule is Cc1ccccc1C(=O)NC1CCN(CCC(C)C)C1. The first-order chi connectivity index (χ1) is 9.56. The highest BCUT2D eigenvalue weighted by atomic mass is 16.1. The second-order valence-corrected chi connectivity index (χ2v) is 6.26. The van der Waals surface area contributed by atoms with Crippen LogP contribution in [0.4, 0.5) is 0 Å². The lowest BCUT2D eigenvalue weighted by Gasteiger charge is -2.18. The Morgan fingerprint density at radius 1 is 1.40 bits per heavy atom. The Bertz CT molecular complexity index is 456. The van der Waals surface area contributed by atoms with E-state index in [4.69, 9.17) is 0 Å². The van der Waals surface area contributed by atoms with Gasteiger partial charge in [-0.1, -0.05) is 32.0 Å². The number of hydrogen-bond acceptors (Lipinski definition) is 2. The van der Waals surface area contributed by atoms with Gasteiger partial charge in [0.2, 0.25) is 0 Å². The third-order valence-corrected chi connectivity index (χ3v) is 4.02. The fourth-order valence-electron chi connectivity index (χ4n) is 2.69. The van der Waals surface area contributed by atoms with Crippen molar-refractivity contribution in [2.24, 2.45) is 5.92 Å². The molecule has 1 atom stereocenters. The van der Waals surface area contributed by atoms with E-state index >= 15 is 0 Å². The lowest BCUT2D eigenvalue weighted by molar-refractivity contribution is 0.0937. The van der Waals surface area contributed by atoms with Crippen LogP contribution in [0.1, 0.15) is 42.6 Å². The zero-order valence-electron chi connectivity index (χ0n) is 12.9. The Labute approximate surface area is 122 Å². The molecule has 3 heteroatoms. The molecule has 1 fully saturated rings. The second kappa shape index (κ2) is 6.89. The first kappa shape index (κ1) is 15.0. The number of hydrogen-bond donors (Lipinski definition) is 1. The summed E-state index contributed by atoms with van der Waals surface area (Å²) in [4.78, 5) is 14.7.